The quantitative estimate of drug-likeness (QED) is 0.838. The lowest BCUT2D eigenvalue weighted by molar-refractivity contribution is 0.0616. The molecular formula is C13H19N3O. The van der Waals surface area contributed by atoms with Gasteiger partial charge in [-0.15, -0.1) is 0 Å². The lowest BCUT2D eigenvalue weighted by Crippen LogP contribution is -2.47. The summed E-state index contributed by atoms with van der Waals surface area (Å²) in [6.07, 6.45) is 4.90. The number of piperidine rings is 1. The third-order valence-corrected chi connectivity index (χ3v) is 3.37. The van der Waals surface area contributed by atoms with Crippen LogP contribution in [0.25, 0.3) is 0 Å². The molecule has 0 bridgehead atoms. The van der Waals surface area contributed by atoms with Crippen LogP contribution in [0.5, 0.6) is 0 Å². The van der Waals surface area contributed by atoms with E-state index in [-0.39, 0.29) is 11.9 Å². The maximum absolute atomic E-state index is 12.4. The van der Waals surface area contributed by atoms with Crippen LogP contribution in [-0.4, -0.2) is 34.9 Å². The molecule has 0 saturated carbocycles. The first kappa shape index (κ1) is 12.0. The predicted molar refractivity (Wildman–Crippen MR) is 66.7 cm³/mol. The number of amides is 1. The van der Waals surface area contributed by atoms with Gasteiger partial charge in [0.2, 0.25) is 0 Å². The molecule has 1 aliphatic heterocycles. The molecule has 0 aromatic carbocycles. The Morgan fingerprint density at radius 3 is 3.12 bits per heavy atom. The van der Waals surface area contributed by atoms with Crippen molar-refractivity contribution in [2.75, 3.05) is 13.1 Å². The molecule has 92 valence electrons. The number of hydrogen-bond donors (Lipinski definition) is 1. The minimum Gasteiger partial charge on any atom is -0.333 e. The summed E-state index contributed by atoms with van der Waals surface area (Å²) in [5.74, 6) is 0.0262. The van der Waals surface area contributed by atoms with Crippen molar-refractivity contribution in [1.29, 1.82) is 0 Å². The average molecular weight is 233 g/mol. The Morgan fingerprint density at radius 1 is 1.59 bits per heavy atom. The number of carbonyl (C=O) groups excluding carboxylic acids is 1. The van der Waals surface area contributed by atoms with E-state index < -0.39 is 0 Å². The summed E-state index contributed by atoms with van der Waals surface area (Å²) < 4.78 is 0. The van der Waals surface area contributed by atoms with Crippen LogP contribution in [0, 0.1) is 6.92 Å². The van der Waals surface area contributed by atoms with E-state index in [1.165, 1.54) is 0 Å². The molecule has 0 radical (unpaired) electrons. The zero-order valence-electron chi connectivity index (χ0n) is 10.2. The van der Waals surface area contributed by atoms with Gasteiger partial charge in [-0.2, -0.15) is 0 Å². The number of aryl methyl sites for hydroxylation is 1. The molecular weight excluding hydrogens is 214 g/mol. The van der Waals surface area contributed by atoms with E-state index >= 15 is 0 Å². The van der Waals surface area contributed by atoms with Crippen LogP contribution in [0.4, 0.5) is 0 Å². The fourth-order valence-electron chi connectivity index (χ4n) is 2.36. The molecule has 1 aromatic heterocycles. The van der Waals surface area contributed by atoms with Crippen LogP contribution < -0.4 is 5.73 Å². The Morgan fingerprint density at radius 2 is 2.41 bits per heavy atom. The van der Waals surface area contributed by atoms with Crippen molar-refractivity contribution in [3.63, 3.8) is 0 Å². The number of hydrogen-bond acceptors (Lipinski definition) is 3. The summed E-state index contributed by atoms with van der Waals surface area (Å²) in [5.41, 5.74) is 7.23. The molecule has 1 aromatic rings. The van der Waals surface area contributed by atoms with E-state index in [9.17, 15) is 4.79 Å². The molecule has 1 aliphatic rings. The van der Waals surface area contributed by atoms with Crippen molar-refractivity contribution in [2.45, 2.75) is 32.2 Å². The van der Waals surface area contributed by atoms with E-state index in [1.807, 2.05) is 24.0 Å². The van der Waals surface area contributed by atoms with Gasteiger partial charge in [0.1, 0.15) is 5.69 Å². The largest absolute Gasteiger partial charge is 0.333 e. The first-order valence-electron chi connectivity index (χ1n) is 6.16. The third kappa shape index (κ3) is 2.47. The minimum absolute atomic E-state index is 0.0262. The normalized spacial score (nSPS) is 20.4. The zero-order valence-corrected chi connectivity index (χ0v) is 10.2. The SMILES string of the molecule is Cc1cccnc1C(=O)N1CCCCC1CN. The van der Waals surface area contributed by atoms with Crippen molar-refractivity contribution in [2.24, 2.45) is 5.73 Å². The number of nitrogens with two attached hydrogens (primary N) is 1. The Bertz CT molecular complexity index is 405. The Kier molecular flexibility index (Phi) is 3.74. The van der Waals surface area contributed by atoms with E-state index in [2.05, 4.69) is 4.98 Å². The van der Waals surface area contributed by atoms with Gasteiger partial charge < -0.3 is 10.6 Å². The van der Waals surface area contributed by atoms with Crippen molar-refractivity contribution >= 4 is 5.91 Å². The van der Waals surface area contributed by atoms with E-state index in [1.54, 1.807) is 6.20 Å². The summed E-state index contributed by atoms with van der Waals surface area (Å²) in [5, 5.41) is 0. The average Bonchev–Trinajstić information content (AvgIpc) is 2.38. The highest BCUT2D eigenvalue weighted by atomic mass is 16.2. The van der Waals surface area contributed by atoms with Crippen molar-refractivity contribution in [3.05, 3.63) is 29.6 Å². The number of likely N-dealkylation sites (tertiary alicyclic amines) is 1. The second kappa shape index (κ2) is 5.27. The summed E-state index contributed by atoms with van der Waals surface area (Å²) in [6, 6.07) is 3.95. The lowest BCUT2D eigenvalue weighted by Gasteiger charge is -2.35. The van der Waals surface area contributed by atoms with Gasteiger partial charge in [0.05, 0.1) is 0 Å². The zero-order chi connectivity index (χ0) is 12.3. The van der Waals surface area contributed by atoms with Gasteiger partial charge in [-0.25, -0.2) is 0 Å². The second-order valence-corrected chi connectivity index (χ2v) is 4.55. The third-order valence-electron chi connectivity index (χ3n) is 3.37. The summed E-state index contributed by atoms with van der Waals surface area (Å²) in [7, 11) is 0. The Balaban J connectivity index is 2.21. The second-order valence-electron chi connectivity index (χ2n) is 4.55. The molecule has 17 heavy (non-hydrogen) atoms. The summed E-state index contributed by atoms with van der Waals surface area (Å²) in [4.78, 5) is 18.5. The number of aromatic nitrogens is 1. The molecule has 4 heteroatoms. The molecule has 0 spiro atoms. The summed E-state index contributed by atoms with van der Waals surface area (Å²) in [6.45, 7) is 3.26. The number of carbonyl (C=O) groups is 1. The lowest BCUT2D eigenvalue weighted by atomic mass is 10.0. The number of rotatable bonds is 2. The predicted octanol–water partition coefficient (Wildman–Crippen LogP) is 1.34. The van der Waals surface area contributed by atoms with E-state index in [4.69, 9.17) is 5.73 Å². The molecule has 4 nitrogen and oxygen atoms in total. The molecule has 1 atom stereocenters. The molecule has 1 saturated heterocycles. The van der Waals surface area contributed by atoms with Crippen LogP contribution in [0.1, 0.15) is 35.3 Å². The Labute approximate surface area is 102 Å². The van der Waals surface area contributed by atoms with E-state index in [0.717, 1.165) is 31.4 Å². The highest BCUT2D eigenvalue weighted by Gasteiger charge is 2.27. The maximum atomic E-state index is 12.4. The van der Waals surface area contributed by atoms with Gasteiger partial charge in [-0.05, 0) is 37.8 Å². The molecule has 1 amide bonds. The smallest absolute Gasteiger partial charge is 0.273 e. The fourth-order valence-corrected chi connectivity index (χ4v) is 2.36. The van der Waals surface area contributed by atoms with Gasteiger partial charge in [0.15, 0.2) is 0 Å². The highest BCUT2D eigenvalue weighted by Crippen LogP contribution is 2.19. The summed E-state index contributed by atoms with van der Waals surface area (Å²) >= 11 is 0. The molecule has 0 aliphatic carbocycles. The first-order chi connectivity index (χ1) is 8.24. The van der Waals surface area contributed by atoms with Gasteiger partial charge in [-0.1, -0.05) is 6.07 Å². The molecule has 2 N–H and O–H groups in total. The van der Waals surface area contributed by atoms with E-state index in [0.29, 0.717) is 12.2 Å². The fraction of sp³-hybridized carbons (Fsp3) is 0.538. The number of pyridine rings is 1. The molecule has 2 heterocycles. The topological polar surface area (TPSA) is 59.2 Å². The van der Waals surface area contributed by atoms with Gasteiger partial charge >= 0.3 is 0 Å². The van der Waals surface area contributed by atoms with Crippen LogP contribution in [0.15, 0.2) is 18.3 Å². The maximum Gasteiger partial charge on any atom is 0.273 e. The molecule has 1 fully saturated rings. The van der Waals surface area contributed by atoms with Crippen molar-refractivity contribution in [3.8, 4) is 0 Å². The standard InChI is InChI=1S/C13H19N3O/c1-10-5-4-7-15-12(10)13(17)16-8-3-2-6-11(16)9-14/h4-5,7,11H,2-3,6,8-9,14H2,1H3. The van der Waals surface area contributed by atoms with Crippen molar-refractivity contribution in [1.82, 2.24) is 9.88 Å². The minimum atomic E-state index is 0.0262. The van der Waals surface area contributed by atoms with Crippen LogP contribution in [-0.2, 0) is 0 Å². The van der Waals surface area contributed by atoms with Crippen LogP contribution in [0.2, 0.25) is 0 Å². The Hall–Kier alpha value is -1.42. The van der Waals surface area contributed by atoms with Gasteiger partial charge in [0.25, 0.3) is 5.91 Å². The number of nitrogens with zero attached hydrogens (tertiary/aromatic N) is 2. The molecule has 2 rings (SSSR count). The monoisotopic (exact) mass is 233 g/mol. The van der Waals surface area contributed by atoms with Crippen molar-refractivity contribution < 1.29 is 4.79 Å². The van der Waals surface area contributed by atoms with Gasteiger partial charge in [0, 0.05) is 25.3 Å². The first-order valence-corrected chi connectivity index (χ1v) is 6.16. The van der Waals surface area contributed by atoms with Crippen LogP contribution >= 0.6 is 0 Å². The van der Waals surface area contributed by atoms with Crippen LogP contribution in [0.3, 0.4) is 0 Å². The van der Waals surface area contributed by atoms with Gasteiger partial charge in [-0.3, -0.25) is 9.78 Å². The molecule has 1 unspecified atom stereocenters. The highest BCUT2D eigenvalue weighted by molar-refractivity contribution is 5.93.